The van der Waals surface area contributed by atoms with E-state index in [4.69, 9.17) is 0 Å². The van der Waals surface area contributed by atoms with E-state index in [0.29, 0.717) is 18.6 Å². The summed E-state index contributed by atoms with van der Waals surface area (Å²) >= 11 is 0. The van der Waals surface area contributed by atoms with Crippen LogP contribution in [0.25, 0.3) is 0 Å². The molecule has 2 aliphatic rings. The number of rotatable bonds is 0. The van der Waals surface area contributed by atoms with Gasteiger partial charge in [0.25, 0.3) is 0 Å². The third-order valence-electron chi connectivity index (χ3n) is 4.78. The van der Waals surface area contributed by atoms with Crippen LogP contribution in [0.3, 0.4) is 0 Å². The number of carbonyl (C=O) groups excluding carboxylic acids is 1. The van der Waals surface area contributed by atoms with Crippen LogP contribution in [0.5, 0.6) is 0 Å². The van der Waals surface area contributed by atoms with Crippen LogP contribution in [0.2, 0.25) is 0 Å². The Kier molecular flexibility index (Phi) is 6.79. The largest absolute Gasteiger partial charge is 0.366 e. The van der Waals surface area contributed by atoms with E-state index < -0.39 is 5.79 Å². The van der Waals surface area contributed by atoms with E-state index in [1.165, 1.54) is 0 Å². The zero-order valence-electron chi connectivity index (χ0n) is 15.9. The summed E-state index contributed by atoms with van der Waals surface area (Å²) in [6.07, 6.45) is 2.42. The smallest absolute Gasteiger partial charge is 0.164 e. The highest BCUT2D eigenvalue weighted by molar-refractivity contribution is 5.79. The van der Waals surface area contributed by atoms with Gasteiger partial charge in [0, 0.05) is 62.9 Å². The molecule has 2 heterocycles. The van der Waals surface area contributed by atoms with E-state index >= 15 is 0 Å². The van der Waals surface area contributed by atoms with Gasteiger partial charge in [-0.3, -0.25) is 14.6 Å². The lowest BCUT2D eigenvalue weighted by Gasteiger charge is -2.42. The summed E-state index contributed by atoms with van der Waals surface area (Å²) in [4.78, 5) is 15.6. The van der Waals surface area contributed by atoms with Gasteiger partial charge in [-0.1, -0.05) is 0 Å². The molecule has 2 aliphatic heterocycles. The Bertz CT molecular complexity index is 374. The molecule has 23 heavy (non-hydrogen) atoms. The summed E-state index contributed by atoms with van der Waals surface area (Å²) in [6.45, 7) is 16.5. The predicted molar refractivity (Wildman–Crippen MR) is 93.3 cm³/mol. The van der Waals surface area contributed by atoms with Crippen molar-refractivity contribution >= 4 is 5.78 Å². The summed E-state index contributed by atoms with van der Waals surface area (Å²) < 4.78 is 0. The van der Waals surface area contributed by atoms with Crippen molar-refractivity contribution in [2.45, 2.75) is 84.1 Å². The second-order valence-corrected chi connectivity index (χ2v) is 8.84. The van der Waals surface area contributed by atoms with Crippen molar-refractivity contribution in [3.8, 4) is 0 Å². The van der Waals surface area contributed by atoms with Crippen molar-refractivity contribution in [3.05, 3.63) is 0 Å². The quantitative estimate of drug-likeness (QED) is 0.666. The van der Waals surface area contributed by atoms with E-state index in [9.17, 15) is 15.0 Å². The van der Waals surface area contributed by atoms with E-state index in [2.05, 4.69) is 51.3 Å². The highest BCUT2D eigenvalue weighted by atomic mass is 16.5. The molecule has 0 saturated carbocycles. The number of hydrogen-bond acceptors (Lipinski definition) is 5. The van der Waals surface area contributed by atoms with Crippen molar-refractivity contribution in [1.82, 2.24) is 9.80 Å². The average Bonchev–Trinajstić information content (AvgIpc) is 2.37. The van der Waals surface area contributed by atoms with Gasteiger partial charge < -0.3 is 10.2 Å². The summed E-state index contributed by atoms with van der Waals surface area (Å²) in [5.74, 6) is -0.993. The molecule has 2 saturated heterocycles. The van der Waals surface area contributed by atoms with Crippen LogP contribution in [-0.4, -0.2) is 68.8 Å². The normalized spacial score (nSPS) is 24.1. The lowest BCUT2D eigenvalue weighted by molar-refractivity contribution is -0.194. The number of piperidine rings is 2. The van der Waals surface area contributed by atoms with Crippen LogP contribution in [0.15, 0.2) is 0 Å². The molecule has 2 N–H and O–H groups in total. The van der Waals surface area contributed by atoms with Gasteiger partial charge in [-0.25, -0.2) is 0 Å². The maximum atomic E-state index is 10.9. The second-order valence-electron chi connectivity index (χ2n) is 8.84. The third-order valence-corrected chi connectivity index (χ3v) is 4.78. The first-order valence-electron chi connectivity index (χ1n) is 8.78. The van der Waals surface area contributed by atoms with Crippen LogP contribution in [0.1, 0.15) is 67.2 Å². The zero-order valence-corrected chi connectivity index (χ0v) is 15.9. The van der Waals surface area contributed by atoms with Crippen molar-refractivity contribution < 1.29 is 15.0 Å². The summed E-state index contributed by atoms with van der Waals surface area (Å²) in [7, 11) is 0. The Labute approximate surface area is 141 Å². The van der Waals surface area contributed by atoms with Gasteiger partial charge in [0.05, 0.1) is 0 Å². The minimum atomic E-state index is -1.41. The van der Waals surface area contributed by atoms with E-state index in [-0.39, 0.29) is 11.1 Å². The Balaban J connectivity index is 0.000000231. The first-order chi connectivity index (χ1) is 10.3. The molecule has 0 amide bonds. The lowest BCUT2D eigenvalue weighted by Crippen LogP contribution is -2.51. The number of ketones is 1. The van der Waals surface area contributed by atoms with Gasteiger partial charge in [-0.05, 0) is 41.5 Å². The number of likely N-dealkylation sites (tertiary alicyclic amines) is 2. The van der Waals surface area contributed by atoms with Crippen molar-refractivity contribution in [2.75, 3.05) is 26.2 Å². The van der Waals surface area contributed by atoms with Crippen molar-refractivity contribution in [1.29, 1.82) is 0 Å². The SMILES string of the molecule is CC(C)(C)N1CCC(=O)CC1.CC(C)(C)N1CCC(O)(O)CC1. The third kappa shape index (κ3) is 7.29. The molecule has 136 valence electrons. The average molecular weight is 328 g/mol. The molecule has 0 aliphatic carbocycles. The van der Waals surface area contributed by atoms with Gasteiger partial charge in [0.1, 0.15) is 5.78 Å². The van der Waals surface area contributed by atoms with Crippen molar-refractivity contribution in [2.24, 2.45) is 0 Å². The number of hydrogen-bond donors (Lipinski definition) is 2. The molecular formula is C18H36N2O3. The molecule has 5 nitrogen and oxygen atoms in total. The second kappa shape index (κ2) is 7.60. The van der Waals surface area contributed by atoms with E-state index in [0.717, 1.165) is 39.0 Å². The van der Waals surface area contributed by atoms with Gasteiger partial charge in [0.2, 0.25) is 0 Å². The molecule has 0 aromatic heterocycles. The molecule has 0 aromatic rings. The highest BCUT2D eigenvalue weighted by Gasteiger charge is 2.33. The van der Waals surface area contributed by atoms with Crippen molar-refractivity contribution in [3.63, 3.8) is 0 Å². The van der Waals surface area contributed by atoms with Crippen LogP contribution >= 0.6 is 0 Å². The highest BCUT2D eigenvalue weighted by Crippen LogP contribution is 2.24. The minimum absolute atomic E-state index is 0.149. The number of aliphatic hydroxyl groups is 2. The van der Waals surface area contributed by atoms with Crippen LogP contribution in [0, 0.1) is 0 Å². The molecule has 2 rings (SSSR count). The number of nitrogens with zero attached hydrogens (tertiary/aromatic N) is 2. The fourth-order valence-corrected chi connectivity index (χ4v) is 2.96. The minimum Gasteiger partial charge on any atom is -0.366 e. The van der Waals surface area contributed by atoms with Gasteiger partial charge in [-0.15, -0.1) is 0 Å². The first kappa shape index (κ1) is 20.6. The Hall–Kier alpha value is -0.490. The fourth-order valence-electron chi connectivity index (χ4n) is 2.96. The first-order valence-corrected chi connectivity index (χ1v) is 8.78. The predicted octanol–water partition coefficient (Wildman–Crippen LogP) is 2.01. The maximum absolute atomic E-state index is 10.9. The fraction of sp³-hybridized carbons (Fsp3) is 0.944. The molecule has 0 atom stereocenters. The standard InChI is InChI=1S/C9H19NO2.C9H17NO/c1-8(2,3)10-6-4-9(11,12)5-7-10;1-9(2,3)10-6-4-8(11)5-7-10/h11-12H,4-7H2,1-3H3;4-7H2,1-3H3. The van der Waals surface area contributed by atoms with Crippen LogP contribution in [-0.2, 0) is 4.79 Å². The number of Topliss-reactive ketones (excluding diaryl/α,β-unsaturated/α-hetero) is 1. The lowest BCUT2D eigenvalue weighted by atomic mass is 9.97. The van der Waals surface area contributed by atoms with Crippen LogP contribution < -0.4 is 0 Å². The molecule has 0 unspecified atom stereocenters. The molecule has 2 fully saturated rings. The van der Waals surface area contributed by atoms with Gasteiger partial charge in [-0.2, -0.15) is 0 Å². The zero-order chi connectivity index (χ0) is 17.9. The van der Waals surface area contributed by atoms with E-state index in [1.807, 2.05) is 0 Å². The van der Waals surface area contributed by atoms with Gasteiger partial charge >= 0.3 is 0 Å². The summed E-state index contributed by atoms with van der Waals surface area (Å²) in [6, 6.07) is 0. The molecule has 0 aromatic carbocycles. The summed E-state index contributed by atoms with van der Waals surface area (Å²) in [5.41, 5.74) is 0.386. The van der Waals surface area contributed by atoms with Gasteiger partial charge in [0.15, 0.2) is 5.79 Å². The molecule has 5 heteroatoms. The Morgan fingerprint density at radius 3 is 1.48 bits per heavy atom. The Morgan fingerprint density at radius 2 is 1.13 bits per heavy atom. The molecule has 0 bridgehead atoms. The Morgan fingerprint density at radius 1 is 0.783 bits per heavy atom. The topological polar surface area (TPSA) is 64.0 Å². The monoisotopic (exact) mass is 328 g/mol. The molecular weight excluding hydrogens is 292 g/mol. The van der Waals surface area contributed by atoms with E-state index in [1.54, 1.807) is 0 Å². The van der Waals surface area contributed by atoms with Crippen LogP contribution in [0.4, 0.5) is 0 Å². The molecule has 0 spiro atoms. The maximum Gasteiger partial charge on any atom is 0.164 e. The summed E-state index contributed by atoms with van der Waals surface area (Å²) in [5, 5.41) is 18.6. The number of carbonyl (C=O) groups is 1. The molecule has 0 radical (unpaired) electrons.